The number of aliphatic carboxylic acids is 1. The van der Waals surface area contributed by atoms with Gasteiger partial charge in [-0.25, -0.2) is 9.78 Å². The van der Waals surface area contributed by atoms with Gasteiger partial charge in [0, 0.05) is 18.3 Å². The number of nitrogens with one attached hydrogen (secondary N) is 2. The van der Waals surface area contributed by atoms with Crippen molar-refractivity contribution in [2.75, 3.05) is 6.54 Å². The average molecular weight is 255 g/mol. The van der Waals surface area contributed by atoms with Crippen molar-refractivity contribution in [3.05, 3.63) is 18.2 Å². The Balaban J connectivity index is 2.58. The van der Waals surface area contributed by atoms with E-state index in [-0.39, 0.29) is 13.0 Å². The lowest BCUT2D eigenvalue weighted by Crippen LogP contribution is -2.49. The number of carboxylic acid groups (broad SMARTS) is 1. The number of nitrogens with zero attached hydrogens (tertiary/aromatic N) is 1. The minimum atomic E-state index is -1.13. The lowest BCUT2D eigenvalue weighted by molar-refractivity contribution is -0.142. The summed E-state index contributed by atoms with van der Waals surface area (Å²) in [5.41, 5.74) is 11.4. The molecule has 2 atom stereocenters. The number of H-pyrrole nitrogens is 1. The molecule has 0 fully saturated rings. The number of hydrogen-bond donors (Lipinski definition) is 5. The van der Waals surface area contributed by atoms with Gasteiger partial charge in [-0.2, -0.15) is 0 Å². The summed E-state index contributed by atoms with van der Waals surface area (Å²) in [4.78, 5) is 29.2. The van der Waals surface area contributed by atoms with Crippen molar-refractivity contribution in [3.8, 4) is 0 Å². The molecule has 1 aromatic rings. The molecule has 7 N–H and O–H groups in total. The Hall–Kier alpha value is -1.93. The van der Waals surface area contributed by atoms with Crippen molar-refractivity contribution in [3.63, 3.8) is 0 Å². The number of carbonyl (C=O) groups is 2. The Morgan fingerprint density at radius 1 is 1.56 bits per heavy atom. The zero-order chi connectivity index (χ0) is 13.5. The maximum atomic E-state index is 11.6. The van der Waals surface area contributed by atoms with Gasteiger partial charge in [-0.05, 0) is 13.0 Å². The third kappa shape index (κ3) is 4.15. The molecule has 100 valence electrons. The summed E-state index contributed by atoms with van der Waals surface area (Å²) >= 11 is 0. The maximum absolute atomic E-state index is 11.6. The first-order chi connectivity index (χ1) is 8.54. The first kappa shape index (κ1) is 14.1. The Morgan fingerprint density at radius 2 is 2.28 bits per heavy atom. The van der Waals surface area contributed by atoms with Crippen molar-refractivity contribution in [2.45, 2.75) is 24.9 Å². The fourth-order valence-electron chi connectivity index (χ4n) is 1.41. The van der Waals surface area contributed by atoms with Crippen molar-refractivity contribution in [2.24, 2.45) is 11.5 Å². The van der Waals surface area contributed by atoms with Crippen LogP contribution in [0.25, 0.3) is 0 Å². The number of imidazole rings is 1. The number of hydrogen-bond acceptors (Lipinski definition) is 5. The number of nitrogens with two attached hydrogens (primary N) is 2. The van der Waals surface area contributed by atoms with E-state index in [1.807, 2.05) is 0 Å². The fraction of sp³-hybridized carbons (Fsp3) is 0.500. The normalized spacial score (nSPS) is 13.9. The molecule has 8 nitrogen and oxygen atoms in total. The monoisotopic (exact) mass is 255 g/mol. The molecule has 18 heavy (non-hydrogen) atoms. The summed E-state index contributed by atoms with van der Waals surface area (Å²) in [5, 5.41) is 11.4. The SMILES string of the molecule is NCC[C@H](N)C(=O)N[C@@H](Cc1cnc[nH]1)C(=O)O. The first-order valence-electron chi connectivity index (χ1n) is 5.50. The van der Waals surface area contributed by atoms with Crippen LogP contribution in [-0.4, -0.2) is 45.6 Å². The summed E-state index contributed by atoms with van der Waals surface area (Å²) in [6, 6.07) is -1.83. The summed E-state index contributed by atoms with van der Waals surface area (Å²) in [6.45, 7) is 0.271. The van der Waals surface area contributed by atoms with E-state index in [1.165, 1.54) is 12.5 Å². The van der Waals surface area contributed by atoms with Crippen molar-refractivity contribution in [1.82, 2.24) is 15.3 Å². The average Bonchev–Trinajstić information content (AvgIpc) is 2.81. The van der Waals surface area contributed by atoms with Crippen LogP contribution in [0.15, 0.2) is 12.5 Å². The van der Waals surface area contributed by atoms with E-state index in [9.17, 15) is 9.59 Å². The van der Waals surface area contributed by atoms with Gasteiger partial charge in [0.25, 0.3) is 0 Å². The number of carboxylic acids is 1. The molecule has 1 heterocycles. The maximum Gasteiger partial charge on any atom is 0.326 e. The highest BCUT2D eigenvalue weighted by molar-refractivity contribution is 5.86. The number of carbonyl (C=O) groups excluding carboxylic acids is 1. The van der Waals surface area contributed by atoms with Crippen LogP contribution in [0.1, 0.15) is 12.1 Å². The Bertz CT molecular complexity index is 392. The molecule has 1 amide bonds. The first-order valence-corrected chi connectivity index (χ1v) is 5.50. The lowest BCUT2D eigenvalue weighted by atomic mass is 10.1. The third-order valence-electron chi connectivity index (χ3n) is 2.41. The second-order valence-corrected chi connectivity index (χ2v) is 3.86. The van der Waals surface area contributed by atoms with E-state index in [2.05, 4.69) is 15.3 Å². The van der Waals surface area contributed by atoms with Crippen LogP contribution in [0.2, 0.25) is 0 Å². The number of rotatable bonds is 7. The van der Waals surface area contributed by atoms with Crippen LogP contribution in [0.5, 0.6) is 0 Å². The summed E-state index contributed by atoms with van der Waals surface area (Å²) in [7, 11) is 0. The highest BCUT2D eigenvalue weighted by Crippen LogP contribution is 1.99. The lowest BCUT2D eigenvalue weighted by Gasteiger charge is -2.16. The third-order valence-corrected chi connectivity index (χ3v) is 2.41. The van der Waals surface area contributed by atoms with E-state index in [4.69, 9.17) is 16.6 Å². The van der Waals surface area contributed by atoms with Crippen LogP contribution in [0, 0.1) is 0 Å². The van der Waals surface area contributed by atoms with Gasteiger partial charge in [-0.1, -0.05) is 0 Å². The summed E-state index contributed by atoms with van der Waals surface area (Å²) in [6.07, 6.45) is 3.37. The number of aromatic nitrogens is 2. The summed E-state index contributed by atoms with van der Waals surface area (Å²) in [5.74, 6) is -1.65. The topological polar surface area (TPSA) is 147 Å². The second-order valence-electron chi connectivity index (χ2n) is 3.86. The Morgan fingerprint density at radius 3 is 2.78 bits per heavy atom. The van der Waals surface area contributed by atoms with Crippen LogP contribution in [0.3, 0.4) is 0 Å². The minimum absolute atomic E-state index is 0.121. The van der Waals surface area contributed by atoms with Gasteiger partial charge in [0.05, 0.1) is 12.4 Å². The van der Waals surface area contributed by atoms with E-state index in [0.29, 0.717) is 12.1 Å². The van der Waals surface area contributed by atoms with E-state index >= 15 is 0 Å². The predicted octanol–water partition coefficient (Wildman–Crippen LogP) is -1.80. The molecule has 0 spiro atoms. The number of aromatic amines is 1. The second kappa shape index (κ2) is 6.72. The fourth-order valence-corrected chi connectivity index (χ4v) is 1.41. The highest BCUT2D eigenvalue weighted by atomic mass is 16.4. The molecule has 0 aliphatic heterocycles. The molecule has 0 aromatic carbocycles. The van der Waals surface area contributed by atoms with Gasteiger partial charge in [0.2, 0.25) is 5.91 Å². The molecule has 1 aromatic heterocycles. The minimum Gasteiger partial charge on any atom is -0.480 e. The molecule has 0 unspecified atom stereocenters. The molecule has 0 saturated carbocycles. The van der Waals surface area contributed by atoms with E-state index < -0.39 is 24.0 Å². The standard InChI is InChI=1S/C10H17N5O3/c11-2-1-7(12)9(16)15-8(10(17)18)3-6-4-13-5-14-6/h4-5,7-8H,1-3,11-12H2,(H,13,14)(H,15,16)(H,17,18)/t7-,8-/m0/s1. The van der Waals surface area contributed by atoms with Gasteiger partial charge < -0.3 is 26.9 Å². The molecule has 0 radical (unpaired) electrons. The number of amides is 1. The molecular formula is C10H17N5O3. The van der Waals surface area contributed by atoms with Crippen LogP contribution in [0.4, 0.5) is 0 Å². The molecule has 8 heteroatoms. The Kier molecular flexibility index (Phi) is 5.28. The van der Waals surface area contributed by atoms with E-state index in [1.54, 1.807) is 0 Å². The largest absolute Gasteiger partial charge is 0.480 e. The smallest absolute Gasteiger partial charge is 0.326 e. The van der Waals surface area contributed by atoms with Crippen molar-refractivity contribution < 1.29 is 14.7 Å². The predicted molar refractivity (Wildman–Crippen MR) is 63.5 cm³/mol. The molecule has 0 aliphatic rings. The molecule has 0 saturated heterocycles. The van der Waals surface area contributed by atoms with Gasteiger partial charge in [0.15, 0.2) is 0 Å². The molecule has 0 aliphatic carbocycles. The molecular weight excluding hydrogens is 238 g/mol. The zero-order valence-electron chi connectivity index (χ0n) is 9.80. The highest BCUT2D eigenvalue weighted by Gasteiger charge is 2.23. The summed E-state index contributed by atoms with van der Waals surface area (Å²) < 4.78 is 0. The molecule has 0 bridgehead atoms. The van der Waals surface area contributed by atoms with Crippen LogP contribution in [-0.2, 0) is 16.0 Å². The van der Waals surface area contributed by atoms with Gasteiger partial charge in [-0.3, -0.25) is 4.79 Å². The quantitative estimate of drug-likeness (QED) is 0.388. The van der Waals surface area contributed by atoms with E-state index in [0.717, 1.165) is 0 Å². The van der Waals surface area contributed by atoms with Crippen molar-refractivity contribution in [1.29, 1.82) is 0 Å². The van der Waals surface area contributed by atoms with Gasteiger partial charge in [-0.15, -0.1) is 0 Å². The van der Waals surface area contributed by atoms with Crippen molar-refractivity contribution >= 4 is 11.9 Å². The zero-order valence-corrected chi connectivity index (χ0v) is 9.80. The van der Waals surface area contributed by atoms with Crippen LogP contribution >= 0.6 is 0 Å². The van der Waals surface area contributed by atoms with Gasteiger partial charge >= 0.3 is 5.97 Å². The van der Waals surface area contributed by atoms with Crippen LogP contribution < -0.4 is 16.8 Å². The van der Waals surface area contributed by atoms with Gasteiger partial charge in [0.1, 0.15) is 6.04 Å². The molecule has 1 rings (SSSR count). The Labute approximate surface area is 104 Å².